The molecule has 0 saturated heterocycles. The summed E-state index contributed by atoms with van der Waals surface area (Å²) in [5.74, 6) is 8.94. The van der Waals surface area contributed by atoms with Crippen LogP contribution in [0.4, 0.5) is 0 Å². The largest absolute Gasteiger partial charge is 0.491 e. The molecule has 2 aromatic rings. The monoisotopic (exact) mass is 369 g/mol. The van der Waals surface area contributed by atoms with Crippen LogP contribution in [0.2, 0.25) is 0 Å². The first-order valence-electron chi connectivity index (χ1n) is 8.75. The maximum Gasteiger partial charge on any atom is 0.292 e. The third-order valence-electron chi connectivity index (χ3n) is 4.13. The number of hydrogen-bond donors (Lipinski definition) is 0. The predicted octanol–water partition coefficient (Wildman–Crippen LogP) is 3.97. The van der Waals surface area contributed by atoms with Crippen molar-refractivity contribution in [2.75, 3.05) is 19.5 Å². The number of nitrogens with zero attached hydrogens (tertiary/aromatic N) is 1. The van der Waals surface area contributed by atoms with E-state index in [0.29, 0.717) is 18.3 Å². The SMILES string of the molecule is CCSc1ccc(OCC#CC2CC2)c(-c2cc(OC)c(=O)n(C)c2)c1. The second-order valence-corrected chi connectivity index (χ2v) is 7.53. The fraction of sp³-hybridized carbons (Fsp3) is 0.381. The zero-order valence-electron chi connectivity index (χ0n) is 15.4. The zero-order chi connectivity index (χ0) is 18.5. The van der Waals surface area contributed by atoms with Gasteiger partial charge in [-0.15, -0.1) is 11.8 Å². The lowest BCUT2D eigenvalue weighted by atomic mass is 10.1. The minimum atomic E-state index is -0.159. The molecule has 1 saturated carbocycles. The van der Waals surface area contributed by atoms with Crippen LogP contribution in [-0.4, -0.2) is 24.0 Å². The van der Waals surface area contributed by atoms with E-state index in [2.05, 4.69) is 30.9 Å². The standard InChI is InChI=1S/C21H23NO3S/c1-4-26-17-9-10-19(25-11-5-6-15-7-8-15)18(13-17)16-12-20(24-3)21(23)22(2)14-16/h9-10,12-15H,4,7-8,11H2,1-3H3. The molecule has 3 rings (SSSR count). The van der Waals surface area contributed by atoms with Gasteiger partial charge in [0.05, 0.1) is 7.11 Å². The van der Waals surface area contributed by atoms with E-state index >= 15 is 0 Å². The molecule has 0 atom stereocenters. The van der Waals surface area contributed by atoms with Crippen molar-refractivity contribution < 1.29 is 9.47 Å². The number of aromatic nitrogens is 1. The number of thioether (sulfide) groups is 1. The van der Waals surface area contributed by atoms with Crippen LogP contribution in [0.25, 0.3) is 11.1 Å². The summed E-state index contributed by atoms with van der Waals surface area (Å²) in [5.41, 5.74) is 1.66. The number of hydrogen-bond acceptors (Lipinski definition) is 4. The van der Waals surface area contributed by atoms with Crippen molar-refractivity contribution in [2.45, 2.75) is 24.7 Å². The summed E-state index contributed by atoms with van der Waals surface area (Å²) < 4.78 is 12.7. The number of aryl methyl sites for hydroxylation is 1. The van der Waals surface area contributed by atoms with Crippen LogP contribution in [0.3, 0.4) is 0 Å². The van der Waals surface area contributed by atoms with Crippen molar-refractivity contribution in [3.8, 4) is 34.5 Å². The first kappa shape index (κ1) is 18.5. The highest BCUT2D eigenvalue weighted by Crippen LogP contribution is 2.35. The van der Waals surface area contributed by atoms with Gasteiger partial charge in [-0.05, 0) is 42.9 Å². The van der Waals surface area contributed by atoms with Crippen molar-refractivity contribution in [1.29, 1.82) is 0 Å². The molecule has 4 nitrogen and oxygen atoms in total. The zero-order valence-corrected chi connectivity index (χ0v) is 16.2. The van der Waals surface area contributed by atoms with E-state index in [1.807, 2.05) is 12.3 Å². The number of methoxy groups -OCH3 is 1. The van der Waals surface area contributed by atoms with Crippen molar-refractivity contribution in [3.63, 3.8) is 0 Å². The Bertz CT molecular complexity index is 904. The Labute approximate surface area is 158 Å². The molecule has 5 heteroatoms. The summed E-state index contributed by atoms with van der Waals surface area (Å²) >= 11 is 1.77. The lowest BCUT2D eigenvalue weighted by Crippen LogP contribution is -2.17. The smallest absolute Gasteiger partial charge is 0.292 e. The summed E-state index contributed by atoms with van der Waals surface area (Å²) in [6.07, 6.45) is 4.22. The molecule has 0 N–H and O–H groups in total. The van der Waals surface area contributed by atoms with Gasteiger partial charge < -0.3 is 14.0 Å². The van der Waals surface area contributed by atoms with E-state index in [1.54, 1.807) is 24.9 Å². The highest BCUT2D eigenvalue weighted by atomic mass is 32.2. The number of ether oxygens (including phenoxy) is 2. The predicted molar refractivity (Wildman–Crippen MR) is 106 cm³/mol. The highest BCUT2D eigenvalue weighted by Gasteiger charge is 2.17. The third kappa shape index (κ3) is 4.44. The molecule has 136 valence electrons. The van der Waals surface area contributed by atoms with E-state index < -0.39 is 0 Å². The van der Waals surface area contributed by atoms with E-state index in [-0.39, 0.29) is 5.56 Å². The summed E-state index contributed by atoms with van der Waals surface area (Å²) in [5, 5.41) is 0. The number of benzene rings is 1. The average Bonchev–Trinajstić information content (AvgIpc) is 3.46. The molecule has 26 heavy (non-hydrogen) atoms. The van der Waals surface area contributed by atoms with Crippen LogP contribution in [0.5, 0.6) is 11.5 Å². The van der Waals surface area contributed by atoms with E-state index in [4.69, 9.17) is 9.47 Å². The summed E-state index contributed by atoms with van der Waals surface area (Å²) in [6.45, 7) is 2.49. The minimum absolute atomic E-state index is 0.159. The van der Waals surface area contributed by atoms with Crippen LogP contribution < -0.4 is 15.0 Å². The van der Waals surface area contributed by atoms with Gasteiger partial charge in [0, 0.05) is 35.2 Å². The van der Waals surface area contributed by atoms with Crippen LogP contribution in [0, 0.1) is 17.8 Å². The average molecular weight is 369 g/mol. The number of pyridine rings is 1. The first-order chi connectivity index (χ1) is 12.6. The van der Waals surface area contributed by atoms with Gasteiger partial charge in [0.25, 0.3) is 5.56 Å². The van der Waals surface area contributed by atoms with Gasteiger partial charge >= 0.3 is 0 Å². The summed E-state index contributed by atoms with van der Waals surface area (Å²) in [6, 6.07) is 7.89. The topological polar surface area (TPSA) is 40.5 Å². The molecule has 1 aliphatic carbocycles. The van der Waals surface area contributed by atoms with Crippen molar-refractivity contribution in [1.82, 2.24) is 4.57 Å². The van der Waals surface area contributed by atoms with Crippen LogP contribution >= 0.6 is 11.8 Å². The molecular formula is C21H23NO3S. The Hall–Kier alpha value is -2.32. The van der Waals surface area contributed by atoms with Gasteiger partial charge in [-0.3, -0.25) is 4.79 Å². The molecule has 0 spiro atoms. The van der Waals surface area contributed by atoms with E-state index in [0.717, 1.165) is 27.5 Å². The van der Waals surface area contributed by atoms with Gasteiger partial charge in [-0.2, -0.15) is 0 Å². The molecule has 1 aromatic carbocycles. The molecule has 1 aliphatic rings. The second kappa shape index (κ2) is 8.37. The fourth-order valence-corrected chi connectivity index (χ4v) is 3.32. The highest BCUT2D eigenvalue weighted by molar-refractivity contribution is 7.99. The lowest BCUT2D eigenvalue weighted by Gasteiger charge is -2.14. The van der Waals surface area contributed by atoms with Gasteiger partial charge in [0.1, 0.15) is 12.4 Å². The normalized spacial score (nSPS) is 13.0. The van der Waals surface area contributed by atoms with Gasteiger partial charge in [-0.25, -0.2) is 0 Å². The Morgan fingerprint density at radius 2 is 2.08 bits per heavy atom. The van der Waals surface area contributed by atoms with Crippen LogP contribution in [0.15, 0.2) is 40.2 Å². The minimum Gasteiger partial charge on any atom is -0.491 e. The van der Waals surface area contributed by atoms with E-state index in [1.165, 1.54) is 24.5 Å². The Balaban J connectivity index is 1.96. The quantitative estimate of drug-likeness (QED) is 0.571. The van der Waals surface area contributed by atoms with Gasteiger partial charge in [-0.1, -0.05) is 18.8 Å². The molecule has 0 radical (unpaired) electrons. The molecule has 1 fully saturated rings. The van der Waals surface area contributed by atoms with Crippen molar-refractivity contribution in [2.24, 2.45) is 13.0 Å². The maximum absolute atomic E-state index is 12.1. The van der Waals surface area contributed by atoms with E-state index in [9.17, 15) is 4.79 Å². The van der Waals surface area contributed by atoms with Crippen molar-refractivity contribution in [3.05, 3.63) is 40.8 Å². The first-order valence-corrected chi connectivity index (χ1v) is 9.74. The van der Waals surface area contributed by atoms with Gasteiger partial charge in [0.2, 0.25) is 0 Å². The lowest BCUT2D eigenvalue weighted by molar-refractivity contribution is 0.371. The summed E-state index contributed by atoms with van der Waals surface area (Å²) in [7, 11) is 3.23. The molecule has 0 amide bonds. The molecule has 0 aliphatic heterocycles. The molecule has 0 bridgehead atoms. The Morgan fingerprint density at radius 3 is 2.77 bits per heavy atom. The van der Waals surface area contributed by atoms with Crippen molar-refractivity contribution >= 4 is 11.8 Å². The molecule has 1 heterocycles. The number of rotatable bonds is 6. The molecular weight excluding hydrogens is 346 g/mol. The second-order valence-electron chi connectivity index (χ2n) is 6.19. The van der Waals surface area contributed by atoms with Crippen LogP contribution in [-0.2, 0) is 7.05 Å². The Morgan fingerprint density at radius 1 is 1.27 bits per heavy atom. The maximum atomic E-state index is 12.1. The molecule has 0 unspecified atom stereocenters. The third-order valence-corrected chi connectivity index (χ3v) is 5.00. The molecule has 1 aromatic heterocycles. The fourth-order valence-electron chi connectivity index (χ4n) is 2.62. The van der Waals surface area contributed by atoms with Crippen LogP contribution in [0.1, 0.15) is 19.8 Å². The Kier molecular flexibility index (Phi) is 5.95. The van der Waals surface area contributed by atoms with Gasteiger partial charge in [0.15, 0.2) is 5.75 Å². The summed E-state index contributed by atoms with van der Waals surface area (Å²) in [4.78, 5) is 13.3.